The number of hydrogen-bond donors (Lipinski definition) is 6. The Bertz CT molecular complexity index is 690. The number of carbonyl (C=O) groups is 5. The van der Waals surface area contributed by atoms with Crippen molar-refractivity contribution in [2.45, 2.75) is 70.1 Å². The van der Waals surface area contributed by atoms with Crippen LogP contribution in [-0.2, 0) is 24.0 Å². The standard InChI is InChI=1S/C19H32N4O7S/c1-3-10(2)15(19(29)30)22-17(27)13-5-4-8-23(13)18(28)12(9-31)21-16(26)11(20)6-7-14(24)25/h10-13,15,31H,3-9,20H2,1-2H3,(H,21,26)(H,22,27)(H,24,25)(H,29,30). The maximum absolute atomic E-state index is 13.0. The molecule has 1 fully saturated rings. The van der Waals surface area contributed by atoms with Gasteiger partial charge in [-0.2, -0.15) is 12.6 Å². The number of rotatable bonds is 12. The first-order valence-corrected chi connectivity index (χ1v) is 10.9. The van der Waals surface area contributed by atoms with Gasteiger partial charge in [0.2, 0.25) is 17.7 Å². The predicted molar refractivity (Wildman–Crippen MR) is 114 cm³/mol. The highest BCUT2D eigenvalue weighted by Crippen LogP contribution is 2.20. The fourth-order valence-corrected chi connectivity index (χ4v) is 3.56. The van der Waals surface area contributed by atoms with E-state index in [4.69, 9.17) is 10.8 Å². The van der Waals surface area contributed by atoms with Crippen molar-refractivity contribution in [3.8, 4) is 0 Å². The minimum absolute atomic E-state index is 0.0499. The number of aliphatic carboxylic acids is 2. The van der Waals surface area contributed by atoms with E-state index in [1.807, 2.05) is 6.92 Å². The number of nitrogens with one attached hydrogen (secondary N) is 2. The number of likely N-dealkylation sites (tertiary alicyclic amines) is 1. The SMILES string of the molecule is CCC(C)C(NC(=O)C1CCCN1C(=O)C(CS)NC(=O)C(N)CCC(=O)O)C(=O)O. The van der Waals surface area contributed by atoms with Crippen LogP contribution in [0.1, 0.15) is 46.0 Å². The fraction of sp³-hybridized carbons (Fsp3) is 0.737. The quantitative estimate of drug-likeness (QED) is 0.205. The molecule has 1 heterocycles. The molecule has 0 aromatic heterocycles. The van der Waals surface area contributed by atoms with E-state index in [-0.39, 0.29) is 31.1 Å². The molecule has 5 unspecified atom stereocenters. The lowest BCUT2D eigenvalue weighted by Crippen LogP contribution is -2.57. The van der Waals surface area contributed by atoms with Gasteiger partial charge in [-0.05, 0) is 25.2 Å². The van der Waals surface area contributed by atoms with Crippen LogP contribution in [-0.4, -0.2) is 81.2 Å². The minimum Gasteiger partial charge on any atom is -0.481 e. The number of amides is 3. The van der Waals surface area contributed by atoms with Gasteiger partial charge in [-0.1, -0.05) is 20.3 Å². The molecule has 1 saturated heterocycles. The second-order valence-electron chi connectivity index (χ2n) is 7.68. The maximum Gasteiger partial charge on any atom is 0.326 e. The van der Waals surface area contributed by atoms with Gasteiger partial charge in [0.15, 0.2) is 0 Å². The predicted octanol–water partition coefficient (Wildman–Crippen LogP) is -0.800. The van der Waals surface area contributed by atoms with E-state index in [9.17, 15) is 29.1 Å². The van der Waals surface area contributed by atoms with Crippen LogP contribution in [0.2, 0.25) is 0 Å². The third-order valence-electron chi connectivity index (χ3n) is 5.42. The summed E-state index contributed by atoms with van der Waals surface area (Å²) in [5.41, 5.74) is 5.68. The summed E-state index contributed by atoms with van der Waals surface area (Å²) in [6.07, 6.45) is 1.10. The third kappa shape index (κ3) is 7.69. The van der Waals surface area contributed by atoms with Crippen LogP contribution in [0.5, 0.6) is 0 Å². The van der Waals surface area contributed by atoms with Gasteiger partial charge in [0.25, 0.3) is 0 Å². The topological polar surface area (TPSA) is 179 Å². The van der Waals surface area contributed by atoms with E-state index in [2.05, 4.69) is 23.3 Å². The lowest BCUT2D eigenvalue weighted by Gasteiger charge is -2.30. The fourth-order valence-electron chi connectivity index (χ4n) is 3.31. The second-order valence-corrected chi connectivity index (χ2v) is 8.05. The number of carbonyl (C=O) groups excluding carboxylic acids is 3. The lowest BCUT2D eigenvalue weighted by atomic mass is 9.98. The zero-order valence-corrected chi connectivity index (χ0v) is 18.6. The maximum atomic E-state index is 13.0. The lowest BCUT2D eigenvalue weighted by molar-refractivity contribution is -0.146. The summed E-state index contributed by atoms with van der Waals surface area (Å²) in [6.45, 7) is 3.82. The van der Waals surface area contributed by atoms with Gasteiger partial charge in [-0.15, -0.1) is 0 Å². The number of carboxylic acid groups (broad SMARTS) is 2. The van der Waals surface area contributed by atoms with Gasteiger partial charge in [-0.3, -0.25) is 19.2 Å². The molecule has 176 valence electrons. The van der Waals surface area contributed by atoms with E-state index < -0.39 is 53.8 Å². The van der Waals surface area contributed by atoms with Crippen LogP contribution in [0.15, 0.2) is 0 Å². The van der Waals surface area contributed by atoms with Gasteiger partial charge in [0.05, 0.1) is 6.04 Å². The van der Waals surface area contributed by atoms with Crippen molar-refractivity contribution >= 4 is 42.3 Å². The zero-order chi connectivity index (χ0) is 23.7. The first-order valence-electron chi connectivity index (χ1n) is 10.3. The molecule has 11 nitrogen and oxygen atoms in total. The van der Waals surface area contributed by atoms with Gasteiger partial charge >= 0.3 is 11.9 Å². The van der Waals surface area contributed by atoms with Crippen LogP contribution in [0.4, 0.5) is 0 Å². The Labute approximate surface area is 186 Å². The molecule has 0 bridgehead atoms. The van der Waals surface area contributed by atoms with Crippen molar-refractivity contribution in [1.29, 1.82) is 0 Å². The van der Waals surface area contributed by atoms with Crippen molar-refractivity contribution in [3.63, 3.8) is 0 Å². The van der Waals surface area contributed by atoms with Gasteiger partial charge in [0, 0.05) is 18.7 Å². The van der Waals surface area contributed by atoms with Crippen molar-refractivity contribution in [3.05, 3.63) is 0 Å². The normalized spacial score (nSPS) is 19.7. The summed E-state index contributed by atoms with van der Waals surface area (Å²) in [7, 11) is 0. The average molecular weight is 461 g/mol. The van der Waals surface area contributed by atoms with E-state index >= 15 is 0 Å². The molecule has 0 spiro atoms. The molecule has 0 aromatic carbocycles. The molecule has 31 heavy (non-hydrogen) atoms. The molecule has 12 heteroatoms. The number of nitrogens with zero attached hydrogens (tertiary/aromatic N) is 1. The van der Waals surface area contributed by atoms with Gasteiger partial charge in [-0.25, -0.2) is 4.79 Å². The Hall–Kier alpha value is -2.34. The number of thiol groups is 1. The molecule has 1 rings (SSSR count). The smallest absolute Gasteiger partial charge is 0.326 e. The Balaban J connectivity index is 2.82. The van der Waals surface area contributed by atoms with Crippen molar-refractivity contribution in [2.75, 3.05) is 12.3 Å². The molecular formula is C19H32N4O7S. The molecule has 0 aromatic rings. The van der Waals surface area contributed by atoms with Crippen molar-refractivity contribution in [2.24, 2.45) is 11.7 Å². The van der Waals surface area contributed by atoms with Crippen LogP contribution >= 0.6 is 12.6 Å². The molecule has 1 aliphatic heterocycles. The van der Waals surface area contributed by atoms with Crippen LogP contribution < -0.4 is 16.4 Å². The van der Waals surface area contributed by atoms with E-state index in [1.165, 1.54) is 4.90 Å². The Morgan fingerprint density at radius 1 is 1.19 bits per heavy atom. The molecule has 6 N–H and O–H groups in total. The minimum atomic E-state index is -1.14. The van der Waals surface area contributed by atoms with E-state index in [0.29, 0.717) is 19.3 Å². The van der Waals surface area contributed by atoms with Gasteiger partial charge in [0.1, 0.15) is 18.1 Å². The molecule has 3 amide bonds. The number of carboxylic acids is 2. The summed E-state index contributed by atoms with van der Waals surface area (Å²) in [4.78, 5) is 61.3. The summed E-state index contributed by atoms with van der Waals surface area (Å²) in [6, 6.07) is -4.07. The zero-order valence-electron chi connectivity index (χ0n) is 17.7. The van der Waals surface area contributed by atoms with Crippen molar-refractivity contribution < 1.29 is 34.2 Å². The Morgan fingerprint density at radius 2 is 1.84 bits per heavy atom. The van der Waals surface area contributed by atoms with Crippen LogP contribution in [0, 0.1) is 5.92 Å². The first-order chi connectivity index (χ1) is 14.5. The molecule has 1 aliphatic rings. The van der Waals surface area contributed by atoms with Crippen molar-refractivity contribution in [1.82, 2.24) is 15.5 Å². The van der Waals surface area contributed by atoms with Crippen LogP contribution in [0.25, 0.3) is 0 Å². The largest absolute Gasteiger partial charge is 0.481 e. The second kappa shape index (κ2) is 12.5. The molecule has 5 atom stereocenters. The summed E-state index contributed by atoms with van der Waals surface area (Å²) in [5.74, 6) is -4.34. The Kier molecular flexibility index (Phi) is 10.8. The van der Waals surface area contributed by atoms with E-state index in [1.54, 1.807) is 6.92 Å². The molecule has 0 saturated carbocycles. The third-order valence-corrected chi connectivity index (χ3v) is 5.78. The van der Waals surface area contributed by atoms with Crippen LogP contribution in [0.3, 0.4) is 0 Å². The summed E-state index contributed by atoms with van der Waals surface area (Å²) < 4.78 is 0. The highest BCUT2D eigenvalue weighted by molar-refractivity contribution is 7.80. The first kappa shape index (κ1) is 26.7. The molecule has 0 aliphatic carbocycles. The highest BCUT2D eigenvalue weighted by atomic mass is 32.1. The Morgan fingerprint density at radius 3 is 2.35 bits per heavy atom. The van der Waals surface area contributed by atoms with E-state index in [0.717, 1.165) is 0 Å². The molecular weight excluding hydrogens is 428 g/mol. The number of hydrogen-bond acceptors (Lipinski definition) is 7. The number of nitrogens with two attached hydrogens (primary N) is 1. The molecule has 0 radical (unpaired) electrons. The summed E-state index contributed by atoms with van der Waals surface area (Å²) in [5, 5.41) is 23.1. The summed E-state index contributed by atoms with van der Waals surface area (Å²) >= 11 is 4.10. The average Bonchev–Trinajstić information content (AvgIpc) is 3.22. The monoisotopic (exact) mass is 460 g/mol. The van der Waals surface area contributed by atoms with Gasteiger partial charge < -0.3 is 31.5 Å². The highest BCUT2D eigenvalue weighted by Gasteiger charge is 2.39.